The highest BCUT2D eigenvalue weighted by Gasteiger charge is 2.30. The van der Waals surface area contributed by atoms with Gasteiger partial charge in [0.25, 0.3) is 10.0 Å². The summed E-state index contributed by atoms with van der Waals surface area (Å²) in [6.07, 6.45) is 5.16. The summed E-state index contributed by atoms with van der Waals surface area (Å²) in [5, 5.41) is 0. The minimum Gasteiger partial charge on any atom is -0.497 e. The molecule has 3 heterocycles. The van der Waals surface area contributed by atoms with Gasteiger partial charge in [-0.3, -0.25) is 0 Å². The van der Waals surface area contributed by atoms with E-state index in [2.05, 4.69) is 9.88 Å². The number of thiophene rings is 1. The third kappa shape index (κ3) is 3.97. The second-order valence-electron chi connectivity index (χ2n) is 7.90. The van der Waals surface area contributed by atoms with Crippen LogP contribution in [0, 0.1) is 0 Å². The summed E-state index contributed by atoms with van der Waals surface area (Å²) in [7, 11) is -1.88. The van der Waals surface area contributed by atoms with Gasteiger partial charge >= 0.3 is 0 Å². The number of nitrogens with zero attached hydrogens (tertiary/aromatic N) is 3. The number of hydrogen-bond donors (Lipinski definition) is 0. The van der Waals surface area contributed by atoms with Crippen molar-refractivity contribution in [1.29, 1.82) is 0 Å². The molecule has 5 rings (SSSR count). The van der Waals surface area contributed by atoms with Crippen LogP contribution in [0.5, 0.6) is 5.75 Å². The molecule has 164 valence electrons. The van der Waals surface area contributed by atoms with Crippen LogP contribution in [0.15, 0.2) is 51.2 Å². The number of anilines is 1. The van der Waals surface area contributed by atoms with Crippen molar-refractivity contribution in [2.45, 2.75) is 29.4 Å². The molecule has 1 aromatic carbocycles. The van der Waals surface area contributed by atoms with Crippen LogP contribution in [0.1, 0.15) is 31.1 Å². The molecule has 1 aliphatic carbocycles. The Morgan fingerprint density at radius 1 is 1.06 bits per heavy atom. The van der Waals surface area contributed by atoms with Crippen LogP contribution in [0.2, 0.25) is 0 Å². The van der Waals surface area contributed by atoms with Gasteiger partial charge in [-0.1, -0.05) is 6.42 Å². The highest BCUT2D eigenvalue weighted by Crippen LogP contribution is 2.39. The fourth-order valence-electron chi connectivity index (χ4n) is 3.94. The van der Waals surface area contributed by atoms with Gasteiger partial charge in [-0.15, -0.1) is 11.3 Å². The molecular weight excluding hydrogens is 434 g/mol. The van der Waals surface area contributed by atoms with Crippen molar-refractivity contribution in [3.05, 3.63) is 48.5 Å². The van der Waals surface area contributed by atoms with Crippen LogP contribution < -0.4 is 9.64 Å². The average Bonchev–Trinajstić information content (AvgIpc) is 3.43. The molecule has 1 saturated carbocycles. The molecule has 0 atom stereocenters. The first-order valence-electron chi connectivity index (χ1n) is 10.5. The Balaban J connectivity index is 1.26. The summed E-state index contributed by atoms with van der Waals surface area (Å²) in [6.45, 7) is 2.21. The maximum absolute atomic E-state index is 13.2. The summed E-state index contributed by atoms with van der Waals surface area (Å²) in [5.41, 5.74) is 1.07. The molecule has 31 heavy (non-hydrogen) atoms. The molecule has 2 fully saturated rings. The number of piperazine rings is 1. The zero-order valence-corrected chi connectivity index (χ0v) is 19.0. The van der Waals surface area contributed by atoms with E-state index in [1.165, 1.54) is 17.8 Å². The first-order valence-corrected chi connectivity index (χ1v) is 12.8. The van der Waals surface area contributed by atoms with Gasteiger partial charge in [-0.05, 0) is 49.2 Å². The van der Waals surface area contributed by atoms with Gasteiger partial charge in [-0.25, -0.2) is 13.4 Å². The van der Waals surface area contributed by atoms with Gasteiger partial charge in [-0.2, -0.15) is 4.31 Å². The van der Waals surface area contributed by atoms with Crippen molar-refractivity contribution in [2.75, 3.05) is 38.2 Å². The standard InChI is InChI=1S/C22H25N3O4S2/c1-28-18-7-5-17(6-8-18)24-11-13-25(14-12-24)31(26,27)21-10-9-20(30-21)19-15-23-22(29-19)16-3-2-4-16/h5-10,15-16H,2-4,11-14H2,1H3. The number of oxazole rings is 1. The maximum atomic E-state index is 13.2. The van der Waals surface area contributed by atoms with Gasteiger partial charge in [0.1, 0.15) is 9.96 Å². The number of rotatable bonds is 6. The van der Waals surface area contributed by atoms with E-state index in [1.807, 2.05) is 30.3 Å². The molecule has 0 radical (unpaired) electrons. The molecule has 0 spiro atoms. The third-order valence-electron chi connectivity index (χ3n) is 6.07. The lowest BCUT2D eigenvalue weighted by Crippen LogP contribution is -2.48. The van der Waals surface area contributed by atoms with E-state index < -0.39 is 10.0 Å². The van der Waals surface area contributed by atoms with Crippen molar-refractivity contribution >= 4 is 27.0 Å². The van der Waals surface area contributed by atoms with Crippen LogP contribution in [0.25, 0.3) is 10.6 Å². The van der Waals surface area contributed by atoms with Gasteiger partial charge < -0.3 is 14.1 Å². The van der Waals surface area contributed by atoms with E-state index in [0.717, 1.165) is 35.0 Å². The normalized spacial score (nSPS) is 18.2. The Hall–Kier alpha value is -2.36. The zero-order chi connectivity index (χ0) is 21.4. The van der Waals surface area contributed by atoms with Crippen molar-refractivity contribution in [3.63, 3.8) is 0 Å². The quantitative estimate of drug-likeness (QED) is 0.550. The molecule has 2 aromatic heterocycles. The molecule has 0 N–H and O–H groups in total. The number of methoxy groups -OCH3 is 1. The van der Waals surface area contributed by atoms with E-state index in [9.17, 15) is 8.42 Å². The average molecular weight is 460 g/mol. The monoisotopic (exact) mass is 459 g/mol. The largest absolute Gasteiger partial charge is 0.497 e. The van der Waals surface area contributed by atoms with E-state index in [-0.39, 0.29) is 0 Å². The smallest absolute Gasteiger partial charge is 0.252 e. The number of ether oxygens (including phenoxy) is 1. The second kappa shape index (κ2) is 8.29. The molecule has 1 saturated heterocycles. The van der Waals surface area contributed by atoms with Crippen LogP contribution in [-0.4, -0.2) is 51.0 Å². The lowest BCUT2D eigenvalue weighted by atomic mass is 9.85. The Bertz CT molecular complexity index is 1140. The van der Waals surface area contributed by atoms with Crippen LogP contribution in [-0.2, 0) is 10.0 Å². The Morgan fingerprint density at radius 2 is 1.81 bits per heavy atom. The Kier molecular flexibility index (Phi) is 5.49. The molecular formula is C22H25N3O4S2. The highest BCUT2D eigenvalue weighted by molar-refractivity contribution is 7.91. The molecule has 1 aliphatic heterocycles. The predicted molar refractivity (Wildman–Crippen MR) is 120 cm³/mol. The zero-order valence-electron chi connectivity index (χ0n) is 17.4. The minimum atomic E-state index is -3.53. The van der Waals surface area contributed by atoms with Crippen molar-refractivity contribution in [1.82, 2.24) is 9.29 Å². The summed E-state index contributed by atoms with van der Waals surface area (Å²) >= 11 is 1.25. The molecule has 2 aliphatic rings. The van der Waals surface area contributed by atoms with Crippen molar-refractivity contribution in [3.8, 4) is 16.4 Å². The van der Waals surface area contributed by atoms with Crippen molar-refractivity contribution < 1.29 is 17.6 Å². The summed E-state index contributed by atoms with van der Waals surface area (Å²) in [4.78, 5) is 7.39. The molecule has 0 amide bonds. The van der Waals surface area contributed by atoms with E-state index in [4.69, 9.17) is 9.15 Å². The van der Waals surface area contributed by atoms with Gasteiger partial charge in [0.2, 0.25) is 0 Å². The minimum absolute atomic E-state index is 0.349. The fraction of sp³-hybridized carbons (Fsp3) is 0.409. The van der Waals surface area contributed by atoms with E-state index in [1.54, 1.807) is 23.7 Å². The Labute approximate surface area is 186 Å². The van der Waals surface area contributed by atoms with Gasteiger partial charge in [0, 0.05) is 37.8 Å². The fourth-order valence-corrected chi connectivity index (χ4v) is 6.77. The second-order valence-corrected chi connectivity index (χ2v) is 11.1. The van der Waals surface area contributed by atoms with E-state index >= 15 is 0 Å². The third-order valence-corrected chi connectivity index (χ3v) is 9.54. The lowest BCUT2D eigenvalue weighted by molar-refractivity contribution is 0.338. The van der Waals surface area contributed by atoms with Crippen LogP contribution in [0.3, 0.4) is 0 Å². The number of benzene rings is 1. The van der Waals surface area contributed by atoms with Crippen LogP contribution >= 0.6 is 11.3 Å². The predicted octanol–water partition coefficient (Wildman–Crippen LogP) is 4.19. The Morgan fingerprint density at radius 3 is 2.45 bits per heavy atom. The number of sulfonamides is 1. The SMILES string of the molecule is COc1ccc(N2CCN(S(=O)(=O)c3ccc(-c4cnc(C5CCC5)o4)s3)CC2)cc1. The number of hydrogen-bond acceptors (Lipinski definition) is 7. The summed E-state index contributed by atoms with van der Waals surface area (Å²) in [5.74, 6) is 2.65. The van der Waals surface area contributed by atoms with E-state index in [0.29, 0.717) is 42.1 Å². The van der Waals surface area contributed by atoms with Crippen LogP contribution in [0.4, 0.5) is 5.69 Å². The first kappa shape index (κ1) is 20.5. The molecule has 0 unspecified atom stereocenters. The topological polar surface area (TPSA) is 75.9 Å². The maximum Gasteiger partial charge on any atom is 0.252 e. The molecule has 9 heteroatoms. The first-order chi connectivity index (χ1) is 15.0. The molecule has 7 nitrogen and oxygen atoms in total. The lowest BCUT2D eigenvalue weighted by Gasteiger charge is -2.35. The van der Waals surface area contributed by atoms with Gasteiger partial charge in [0.15, 0.2) is 11.7 Å². The number of aromatic nitrogens is 1. The molecule has 3 aromatic rings. The van der Waals surface area contributed by atoms with Crippen molar-refractivity contribution in [2.24, 2.45) is 0 Å². The molecule has 0 bridgehead atoms. The summed E-state index contributed by atoms with van der Waals surface area (Å²) in [6, 6.07) is 11.3. The summed E-state index contributed by atoms with van der Waals surface area (Å²) < 4.78 is 39.4. The van der Waals surface area contributed by atoms with Gasteiger partial charge in [0.05, 0.1) is 18.2 Å². The highest BCUT2D eigenvalue weighted by atomic mass is 32.2.